The standard InChI is InChI=1S/C12H15NO3/c1-3-6-11(4-2)16-12-8-5-7-10(9-12)13(14)15/h4-5,7-9,11H,2-3,6H2,1H3. The highest BCUT2D eigenvalue weighted by Crippen LogP contribution is 2.21. The summed E-state index contributed by atoms with van der Waals surface area (Å²) in [5.74, 6) is 0.507. The Bertz CT molecular complexity index is 376. The molecule has 4 nitrogen and oxygen atoms in total. The first-order valence-electron chi connectivity index (χ1n) is 5.21. The van der Waals surface area contributed by atoms with Gasteiger partial charge < -0.3 is 4.74 Å². The van der Waals surface area contributed by atoms with Crippen molar-refractivity contribution in [3.8, 4) is 5.75 Å². The minimum atomic E-state index is -0.435. The zero-order valence-electron chi connectivity index (χ0n) is 9.26. The first-order chi connectivity index (χ1) is 7.67. The third-order valence-electron chi connectivity index (χ3n) is 2.15. The van der Waals surface area contributed by atoms with Gasteiger partial charge in [-0.05, 0) is 12.5 Å². The molecule has 0 radical (unpaired) electrons. The maximum absolute atomic E-state index is 10.6. The van der Waals surface area contributed by atoms with Crippen LogP contribution in [-0.4, -0.2) is 11.0 Å². The first-order valence-corrected chi connectivity index (χ1v) is 5.21. The molecule has 0 aliphatic carbocycles. The molecule has 1 rings (SSSR count). The number of nitro benzene ring substituents is 1. The van der Waals surface area contributed by atoms with Gasteiger partial charge in [-0.3, -0.25) is 10.1 Å². The van der Waals surface area contributed by atoms with Crippen molar-refractivity contribution in [3.05, 3.63) is 47.0 Å². The fraction of sp³-hybridized carbons (Fsp3) is 0.333. The Morgan fingerprint density at radius 3 is 2.94 bits per heavy atom. The van der Waals surface area contributed by atoms with Crippen molar-refractivity contribution >= 4 is 5.69 Å². The smallest absolute Gasteiger partial charge is 0.273 e. The quantitative estimate of drug-likeness (QED) is 0.420. The van der Waals surface area contributed by atoms with Crippen LogP contribution in [0.15, 0.2) is 36.9 Å². The summed E-state index contributed by atoms with van der Waals surface area (Å²) in [6, 6.07) is 6.18. The molecule has 0 fully saturated rings. The maximum atomic E-state index is 10.6. The lowest BCUT2D eigenvalue weighted by Gasteiger charge is -2.14. The summed E-state index contributed by atoms with van der Waals surface area (Å²) in [5.41, 5.74) is 0.0387. The van der Waals surface area contributed by atoms with Crippen molar-refractivity contribution in [3.63, 3.8) is 0 Å². The molecular formula is C12H15NO3. The number of benzene rings is 1. The second-order valence-electron chi connectivity index (χ2n) is 3.44. The molecule has 0 bridgehead atoms. The van der Waals surface area contributed by atoms with Gasteiger partial charge in [0.15, 0.2) is 0 Å². The third kappa shape index (κ3) is 3.38. The molecule has 1 aromatic carbocycles. The summed E-state index contributed by atoms with van der Waals surface area (Å²) < 4.78 is 5.57. The normalized spacial score (nSPS) is 11.8. The van der Waals surface area contributed by atoms with Crippen LogP contribution in [0.3, 0.4) is 0 Å². The van der Waals surface area contributed by atoms with Crippen molar-refractivity contribution in [2.24, 2.45) is 0 Å². The minimum absolute atomic E-state index is 0.0387. The Morgan fingerprint density at radius 2 is 2.38 bits per heavy atom. The molecule has 0 saturated carbocycles. The van der Waals surface area contributed by atoms with Crippen LogP contribution in [0.2, 0.25) is 0 Å². The van der Waals surface area contributed by atoms with Gasteiger partial charge in [-0.15, -0.1) is 0 Å². The van der Waals surface area contributed by atoms with Crippen LogP contribution in [0.5, 0.6) is 5.75 Å². The van der Waals surface area contributed by atoms with Gasteiger partial charge in [0, 0.05) is 6.07 Å². The van der Waals surface area contributed by atoms with Crippen molar-refractivity contribution in [1.82, 2.24) is 0 Å². The molecule has 1 unspecified atom stereocenters. The molecule has 0 aliphatic heterocycles. The number of rotatable bonds is 6. The maximum Gasteiger partial charge on any atom is 0.273 e. The van der Waals surface area contributed by atoms with E-state index >= 15 is 0 Å². The summed E-state index contributed by atoms with van der Waals surface area (Å²) in [4.78, 5) is 10.1. The topological polar surface area (TPSA) is 52.4 Å². The molecule has 0 heterocycles. The minimum Gasteiger partial charge on any atom is -0.486 e. The van der Waals surface area contributed by atoms with E-state index in [9.17, 15) is 10.1 Å². The predicted molar refractivity (Wildman–Crippen MR) is 62.6 cm³/mol. The zero-order chi connectivity index (χ0) is 12.0. The van der Waals surface area contributed by atoms with Gasteiger partial charge in [0.1, 0.15) is 11.9 Å². The van der Waals surface area contributed by atoms with Gasteiger partial charge in [0.25, 0.3) is 5.69 Å². The number of non-ortho nitro benzene ring substituents is 1. The predicted octanol–water partition coefficient (Wildman–Crippen LogP) is 3.33. The Hall–Kier alpha value is -1.84. The van der Waals surface area contributed by atoms with Gasteiger partial charge in [-0.1, -0.05) is 32.1 Å². The molecule has 86 valence electrons. The highest BCUT2D eigenvalue weighted by atomic mass is 16.6. The number of ether oxygens (including phenoxy) is 1. The first kappa shape index (κ1) is 12.2. The van der Waals surface area contributed by atoms with Crippen LogP contribution in [0.25, 0.3) is 0 Å². The molecule has 1 atom stereocenters. The second kappa shape index (κ2) is 5.90. The molecular weight excluding hydrogens is 206 g/mol. The Kier molecular flexibility index (Phi) is 4.51. The molecule has 16 heavy (non-hydrogen) atoms. The summed E-state index contributed by atoms with van der Waals surface area (Å²) in [6.07, 6.45) is 3.45. The lowest BCUT2D eigenvalue weighted by Crippen LogP contribution is -2.12. The SMILES string of the molecule is C=CC(CCC)Oc1cccc([N+](=O)[O-])c1. The average molecular weight is 221 g/mol. The fourth-order valence-corrected chi connectivity index (χ4v) is 1.35. The molecule has 1 aromatic rings. The van der Waals surface area contributed by atoms with Gasteiger partial charge in [-0.25, -0.2) is 0 Å². The highest BCUT2D eigenvalue weighted by Gasteiger charge is 2.09. The van der Waals surface area contributed by atoms with E-state index in [-0.39, 0.29) is 11.8 Å². The number of hydrogen-bond donors (Lipinski definition) is 0. The van der Waals surface area contributed by atoms with Crippen LogP contribution in [0.4, 0.5) is 5.69 Å². The van der Waals surface area contributed by atoms with Crippen LogP contribution in [0, 0.1) is 10.1 Å². The zero-order valence-corrected chi connectivity index (χ0v) is 9.26. The van der Waals surface area contributed by atoms with Crippen molar-refractivity contribution < 1.29 is 9.66 Å². The highest BCUT2D eigenvalue weighted by molar-refractivity contribution is 5.38. The van der Waals surface area contributed by atoms with E-state index in [4.69, 9.17) is 4.74 Å². The third-order valence-corrected chi connectivity index (χ3v) is 2.15. The molecule has 0 amide bonds. The molecule has 0 saturated heterocycles. The van der Waals surface area contributed by atoms with Crippen molar-refractivity contribution in [1.29, 1.82) is 0 Å². The Labute approximate surface area is 94.7 Å². The van der Waals surface area contributed by atoms with E-state index in [1.807, 2.05) is 6.92 Å². The van der Waals surface area contributed by atoms with E-state index in [1.165, 1.54) is 12.1 Å². The molecule has 4 heteroatoms. The van der Waals surface area contributed by atoms with Gasteiger partial charge in [0.05, 0.1) is 11.0 Å². The average Bonchev–Trinajstić information content (AvgIpc) is 2.29. The van der Waals surface area contributed by atoms with Crippen LogP contribution in [0.1, 0.15) is 19.8 Å². The van der Waals surface area contributed by atoms with Crippen molar-refractivity contribution in [2.75, 3.05) is 0 Å². The number of hydrogen-bond acceptors (Lipinski definition) is 3. The van der Waals surface area contributed by atoms with Gasteiger partial charge in [0.2, 0.25) is 0 Å². The lowest BCUT2D eigenvalue weighted by atomic mass is 10.2. The monoisotopic (exact) mass is 221 g/mol. The van der Waals surface area contributed by atoms with Crippen LogP contribution in [-0.2, 0) is 0 Å². The van der Waals surface area contributed by atoms with Crippen molar-refractivity contribution in [2.45, 2.75) is 25.9 Å². The molecule has 0 aromatic heterocycles. The van der Waals surface area contributed by atoms with E-state index in [1.54, 1.807) is 18.2 Å². The van der Waals surface area contributed by atoms with E-state index < -0.39 is 4.92 Å². The summed E-state index contributed by atoms with van der Waals surface area (Å²) in [5, 5.41) is 10.6. The van der Waals surface area contributed by atoms with E-state index in [0.717, 1.165) is 12.8 Å². The molecule has 0 spiro atoms. The largest absolute Gasteiger partial charge is 0.486 e. The van der Waals surface area contributed by atoms with E-state index in [0.29, 0.717) is 5.75 Å². The second-order valence-corrected chi connectivity index (χ2v) is 3.44. The fourth-order valence-electron chi connectivity index (χ4n) is 1.35. The van der Waals surface area contributed by atoms with Gasteiger partial charge >= 0.3 is 0 Å². The number of nitro groups is 1. The van der Waals surface area contributed by atoms with Crippen LogP contribution < -0.4 is 4.74 Å². The number of nitrogens with zero attached hydrogens (tertiary/aromatic N) is 1. The Balaban J connectivity index is 2.76. The van der Waals surface area contributed by atoms with Gasteiger partial charge in [-0.2, -0.15) is 0 Å². The molecule has 0 aliphatic rings. The lowest BCUT2D eigenvalue weighted by molar-refractivity contribution is -0.384. The summed E-state index contributed by atoms with van der Waals surface area (Å²) >= 11 is 0. The molecule has 0 N–H and O–H groups in total. The van der Waals surface area contributed by atoms with E-state index in [2.05, 4.69) is 6.58 Å². The Morgan fingerprint density at radius 1 is 1.62 bits per heavy atom. The summed E-state index contributed by atoms with van der Waals surface area (Å²) in [6.45, 7) is 5.72. The van der Waals surface area contributed by atoms with Crippen LogP contribution >= 0.6 is 0 Å². The summed E-state index contributed by atoms with van der Waals surface area (Å²) in [7, 11) is 0.